The van der Waals surface area contributed by atoms with Crippen LogP contribution in [0, 0.1) is 13.8 Å². The number of ether oxygens (including phenoxy) is 2. The van der Waals surface area contributed by atoms with E-state index in [1.54, 1.807) is 30.5 Å². The summed E-state index contributed by atoms with van der Waals surface area (Å²) in [4.78, 5) is 12.1. The largest absolute Gasteiger partial charge is 0.493 e. The fraction of sp³-hybridized carbons (Fsp3) is 0.200. The van der Waals surface area contributed by atoms with E-state index in [4.69, 9.17) is 21.1 Å². The second kappa shape index (κ2) is 11.2. The smallest absolute Gasteiger partial charge is 0.271 e. The number of halogens is 1. The van der Waals surface area contributed by atoms with Crippen LogP contribution in [0.3, 0.4) is 0 Å². The number of hydrazone groups is 1. The second-order valence-electron chi connectivity index (χ2n) is 7.05. The van der Waals surface area contributed by atoms with Crippen molar-refractivity contribution in [1.82, 2.24) is 5.43 Å². The number of para-hydroxylation sites is 1. The van der Waals surface area contributed by atoms with Gasteiger partial charge in [0.05, 0.1) is 19.4 Å². The lowest BCUT2D eigenvalue weighted by molar-refractivity contribution is 0.0955. The van der Waals surface area contributed by atoms with Gasteiger partial charge >= 0.3 is 0 Å². The zero-order valence-corrected chi connectivity index (χ0v) is 18.4. The number of benzene rings is 3. The fourth-order valence-electron chi connectivity index (χ4n) is 2.99. The quantitative estimate of drug-likeness (QED) is 0.271. The van der Waals surface area contributed by atoms with Crippen molar-refractivity contribution >= 4 is 23.7 Å². The maximum Gasteiger partial charge on any atom is 0.271 e. The predicted octanol–water partition coefficient (Wildman–Crippen LogP) is 5.57. The molecule has 0 aromatic heterocycles. The average Bonchev–Trinajstić information content (AvgIpc) is 2.75. The van der Waals surface area contributed by atoms with Crippen molar-refractivity contribution in [2.75, 3.05) is 13.2 Å². The van der Waals surface area contributed by atoms with Gasteiger partial charge < -0.3 is 9.47 Å². The molecule has 0 aliphatic heterocycles. The first kappa shape index (κ1) is 22.4. The van der Waals surface area contributed by atoms with Gasteiger partial charge in [0.2, 0.25) is 0 Å². The van der Waals surface area contributed by atoms with Gasteiger partial charge in [-0.1, -0.05) is 48.0 Å². The number of amides is 1. The van der Waals surface area contributed by atoms with E-state index < -0.39 is 0 Å². The Morgan fingerprint density at radius 2 is 1.68 bits per heavy atom. The minimum absolute atomic E-state index is 0.324. The summed E-state index contributed by atoms with van der Waals surface area (Å²) in [5.41, 5.74) is 6.03. The van der Waals surface area contributed by atoms with E-state index in [0.29, 0.717) is 23.8 Å². The molecule has 3 aromatic carbocycles. The Morgan fingerprint density at radius 3 is 2.45 bits per heavy atom. The molecule has 0 unspecified atom stereocenters. The van der Waals surface area contributed by atoms with Crippen LogP contribution in [0.25, 0.3) is 0 Å². The molecule has 0 atom stereocenters. The summed E-state index contributed by atoms with van der Waals surface area (Å²) >= 11 is 5.90. The molecule has 0 fully saturated rings. The summed E-state index contributed by atoms with van der Waals surface area (Å²) < 4.78 is 11.7. The van der Waals surface area contributed by atoms with Gasteiger partial charge in [0.25, 0.3) is 5.91 Å². The van der Waals surface area contributed by atoms with Crippen molar-refractivity contribution in [2.24, 2.45) is 5.10 Å². The number of nitrogens with one attached hydrogen (secondary N) is 1. The Labute approximate surface area is 187 Å². The molecular formula is C25H25ClN2O3. The molecule has 0 aliphatic carbocycles. The predicted molar refractivity (Wildman–Crippen MR) is 124 cm³/mol. The van der Waals surface area contributed by atoms with Crippen LogP contribution in [-0.4, -0.2) is 25.3 Å². The van der Waals surface area contributed by atoms with Crippen molar-refractivity contribution in [2.45, 2.75) is 20.3 Å². The van der Waals surface area contributed by atoms with Crippen LogP contribution < -0.4 is 14.9 Å². The lowest BCUT2D eigenvalue weighted by Crippen LogP contribution is -2.17. The van der Waals surface area contributed by atoms with Gasteiger partial charge in [0.1, 0.15) is 11.5 Å². The van der Waals surface area contributed by atoms with Crippen LogP contribution in [0.15, 0.2) is 71.8 Å². The number of hydrogen-bond acceptors (Lipinski definition) is 4. The first-order valence-electron chi connectivity index (χ1n) is 10.0. The molecular weight excluding hydrogens is 412 g/mol. The lowest BCUT2D eigenvalue weighted by atomic mass is 10.1. The zero-order valence-electron chi connectivity index (χ0n) is 17.6. The molecule has 5 nitrogen and oxygen atoms in total. The first-order chi connectivity index (χ1) is 15.0. The number of aryl methyl sites for hydroxylation is 2. The molecule has 0 spiro atoms. The van der Waals surface area contributed by atoms with Crippen LogP contribution in [0.1, 0.15) is 33.5 Å². The SMILES string of the molecule is Cc1cccc(C)c1OCCCOc1cccc(C=NNC(=O)c2cccc(Cl)c2)c1. The van der Waals surface area contributed by atoms with Crippen LogP contribution in [0.5, 0.6) is 11.5 Å². The molecule has 3 rings (SSSR count). The van der Waals surface area contributed by atoms with Crippen molar-refractivity contribution < 1.29 is 14.3 Å². The third-order valence-corrected chi connectivity index (χ3v) is 4.77. The summed E-state index contributed by atoms with van der Waals surface area (Å²) in [7, 11) is 0. The Hall–Kier alpha value is -3.31. The van der Waals surface area contributed by atoms with E-state index in [-0.39, 0.29) is 5.91 Å². The fourth-order valence-corrected chi connectivity index (χ4v) is 3.18. The number of nitrogens with zero attached hydrogens (tertiary/aromatic N) is 1. The van der Waals surface area contributed by atoms with Gasteiger partial charge in [-0.2, -0.15) is 5.10 Å². The first-order valence-corrected chi connectivity index (χ1v) is 10.4. The zero-order chi connectivity index (χ0) is 22.1. The molecule has 0 radical (unpaired) electrons. The Bertz CT molecular complexity index is 1050. The van der Waals surface area contributed by atoms with E-state index in [9.17, 15) is 4.79 Å². The minimum atomic E-state index is -0.324. The van der Waals surface area contributed by atoms with Gasteiger partial charge in [0, 0.05) is 17.0 Å². The Balaban J connectivity index is 1.44. The molecule has 160 valence electrons. The highest BCUT2D eigenvalue weighted by Gasteiger charge is 2.05. The van der Waals surface area contributed by atoms with Crippen molar-refractivity contribution in [3.05, 3.63) is 94.0 Å². The van der Waals surface area contributed by atoms with Crippen molar-refractivity contribution in [3.8, 4) is 11.5 Å². The van der Waals surface area contributed by atoms with Gasteiger partial charge in [-0.3, -0.25) is 4.79 Å². The molecule has 3 aromatic rings. The van der Waals surface area contributed by atoms with Crippen molar-refractivity contribution in [1.29, 1.82) is 0 Å². The van der Waals surface area contributed by atoms with Gasteiger partial charge in [0.15, 0.2) is 0 Å². The summed E-state index contributed by atoms with van der Waals surface area (Å²) in [6.07, 6.45) is 2.33. The normalized spacial score (nSPS) is 10.8. The van der Waals surface area contributed by atoms with Crippen LogP contribution in [0.2, 0.25) is 5.02 Å². The third-order valence-electron chi connectivity index (χ3n) is 4.54. The number of hydrogen-bond donors (Lipinski definition) is 1. The molecule has 0 bridgehead atoms. The molecule has 0 saturated heterocycles. The van der Waals surface area contributed by atoms with E-state index in [0.717, 1.165) is 34.6 Å². The molecule has 0 aliphatic rings. The molecule has 6 heteroatoms. The maximum absolute atomic E-state index is 12.1. The highest BCUT2D eigenvalue weighted by molar-refractivity contribution is 6.30. The monoisotopic (exact) mass is 436 g/mol. The summed E-state index contributed by atoms with van der Waals surface area (Å²) in [5.74, 6) is 1.35. The van der Waals surface area contributed by atoms with Crippen LogP contribution in [-0.2, 0) is 0 Å². The summed E-state index contributed by atoms with van der Waals surface area (Å²) in [6, 6.07) is 20.3. The molecule has 31 heavy (non-hydrogen) atoms. The van der Waals surface area contributed by atoms with E-state index in [2.05, 4.69) is 10.5 Å². The molecule has 0 saturated carbocycles. The maximum atomic E-state index is 12.1. The third kappa shape index (κ3) is 6.86. The summed E-state index contributed by atoms with van der Waals surface area (Å²) in [6.45, 7) is 5.21. The minimum Gasteiger partial charge on any atom is -0.493 e. The Morgan fingerprint density at radius 1 is 0.968 bits per heavy atom. The van der Waals surface area contributed by atoms with Gasteiger partial charge in [-0.15, -0.1) is 0 Å². The summed E-state index contributed by atoms with van der Waals surface area (Å²) in [5, 5.41) is 4.51. The van der Waals surface area contributed by atoms with Gasteiger partial charge in [-0.25, -0.2) is 5.43 Å². The van der Waals surface area contributed by atoms with Crippen LogP contribution >= 0.6 is 11.6 Å². The lowest BCUT2D eigenvalue weighted by Gasteiger charge is -2.12. The van der Waals surface area contributed by atoms with Crippen LogP contribution in [0.4, 0.5) is 0 Å². The second-order valence-corrected chi connectivity index (χ2v) is 7.49. The molecule has 0 heterocycles. The number of rotatable bonds is 9. The standard InChI is InChI=1S/C25H25ClN2O3/c1-18-7-3-8-19(2)24(18)31-14-6-13-30-23-12-4-9-20(15-23)17-27-28-25(29)21-10-5-11-22(26)16-21/h3-5,7-12,15-17H,6,13-14H2,1-2H3,(H,28,29). The average molecular weight is 437 g/mol. The Kier molecular flexibility index (Phi) is 8.07. The number of carbonyl (C=O) groups is 1. The topological polar surface area (TPSA) is 59.9 Å². The van der Waals surface area contributed by atoms with E-state index in [1.165, 1.54) is 0 Å². The number of carbonyl (C=O) groups excluding carboxylic acids is 1. The highest BCUT2D eigenvalue weighted by atomic mass is 35.5. The molecule has 1 amide bonds. The van der Waals surface area contributed by atoms with E-state index >= 15 is 0 Å². The van der Waals surface area contributed by atoms with Crippen molar-refractivity contribution in [3.63, 3.8) is 0 Å². The van der Waals surface area contributed by atoms with Gasteiger partial charge in [-0.05, 0) is 60.9 Å². The highest BCUT2D eigenvalue weighted by Crippen LogP contribution is 2.22. The molecule has 1 N–H and O–H groups in total. The van der Waals surface area contributed by atoms with E-state index in [1.807, 2.05) is 56.3 Å².